The Bertz CT molecular complexity index is 1670. The summed E-state index contributed by atoms with van der Waals surface area (Å²) in [5, 5.41) is 20.3. The summed E-state index contributed by atoms with van der Waals surface area (Å²) in [5.74, 6) is -0.363. The number of alkyl halides is 2. The Morgan fingerprint density at radius 2 is 1.83 bits per heavy atom. The van der Waals surface area contributed by atoms with Crippen molar-refractivity contribution in [2.75, 3.05) is 20.2 Å². The van der Waals surface area contributed by atoms with Crippen LogP contribution in [0.4, 0.5) is 8.78 Å². The fourth-order valence-corrected chi connectivity index (χ4v) is 6.80. The van der Waals surface area contributed by atoms with Gasteiger partial charge in [0.25, 0.3) is 18.2 Å². The average molecular weight is 663 g/mol. The van der Waals surface area contributed by atoms with Crippen molar-refractivity contribution in [1.82, 2.24) is 20.5 Å². The summed E-state index contributed by atoms with van der Waals surface area (Å²) >= 11 is 1.47. The van der Waals surface area contributed by atoms with Gasteiger partial charge in [-0.15, -0.1) is 11.3 Å². The van der Waals surface area contributed by atoms with Crippen molar-refractivity contribution in [2.45, 2.75) is 63.8 Å². The molecule has 5 rings (SSSR count). The summed E-state index contributed by atoms with van der Waals surface area (Å²) in [6.45, 7) is 4.46. The van der Waals surface area contributed by atoms with Gasteiger partial charge in [-0.2, -0.15) is 0 Å². The standard InChI is InChI=1S/C36H40F2N4O4S/c1-22-21-47-35(40-22)31-13-8-14-42(31)36(45)28-17-26(33(37)38)16-27(18-28)34(44)41-30(15-24-9-5-4-6-10-24)32(43)20-39-23(2)25-11-7-12-29(19-25)46-3/h4-7,9-12,16-19,21,23,30-33,39,43H,8,13-15,20H2,1-3H3,(H,41,44)/t23-,30-,31+,32-/m0/s1. The van der Waals surface area contributed by atoms with Gasteiger partial charge >= 0.3 is 0 Å². The average Bonchev–Trinajstić information content (AvgIpc) is 3.75. The van der Waals surface area contributed by atoms with Crippen molar-refractivity contribution in [3.63, 3.8) is 0 Å². The summed E-state index contributed by atoms with van der Waals surface area (Å²) in [6, 6.07) is 19.5. The lowest BCUT2D eigenvalue weighted by Gasteiger charge is -2.27. The minimum atomic E-state index is -2.89. The molecule has 1 fully saturated rings. The van der Waals surface area contributed by atoms with Gasteiger partial charge in [-0.25, -0.2) is 13.8 Å². The number of aromatic nitrogens is 1. The van der Waals surface area contributed by atoms with E-state index in [1.807, 2.05) is 73.8 Å². The number of carbonyl (C=O) groups is 2. The molecule has 248 valence electrons. The lowest BCUT2D eigenvalue weighted by Crippen LogP contribution is -2.49. The van der Waals surface area contributed by atoms with Crippen LogP contribution in [0.1, 0.15) is 86.4 Å². The van der Waals surface area contributed by atoms with E-state index in [0.717, 1.165) is 46.8 Å². The van der Waals surface area contributed by atoms with Gasteiger partial charge in [-0.1, -0.05) is 42.5 Å². The first-order valence-electron chi connectivity index (χ1n) is 15.7. The molecule has 2 heterocycles. The number of thiazole rings is 1. The topological polar surface area (TPSA) is 104 Å². The van der Waals surface area contributed by atoms with Crippen molar-refractivity contribution < 1.29 is 28.2 Å². The molecule has 0 aliphatic carbocycles. The van der Waals surface area contributed by atoms with Crippen molar-refractivity contribution >= 4 is 23.2 Å². The molecular formula is C36H40F2N4O4S. The second kappa shape index (κ2) is 15.6. The van der Waals surface area contributed by atoms with E-state index in [4.69, 9.17) is 4.74 Å². The van der Waals surface area contributed by atoms with E-state index in [2.05, 4.69) is 15.6 Å². The second-order valence-electron chi connectivity index (χ2n) is 11.9. The van der Waals surface area contributed by atoms with E-state index >= 15 is 0 Å². The van der Waals surface area contributed by atoms with Gasteiger partial charge in [0.1, 0.15) is 10.8 Å². The van der Waals surface area contributed by atoms with E-state index in [1.165, 1.54) is 17.4 Å². The molecule has 0 spiro atoms. The van der Waals surface area contributed by atoms with Crippen LogP contribution in [0.25, 0.3) is 0 Å². The molecule has 0 radical (unpaired) electrons. The number of hydrogen-bond donors (Lipinski definition) is 3. The van der Waals surface area contributed by atoms with Crippen molar-refractivity contribution in [1.29, 1.82) is 0 Å². The van der Waals surface area contributed by atoms with Crippen LogP contribution in [0.3, 0.4) is 0 Å². The summed E-state index contributed by atoms with van der Waals surface area (Å²) in [4.78, 5) is 33.6. The van der Waals surface area contributed by atoms with Crippen LogP contribution in [-0.4, -0.2) is 59.1 Å². The number of amides is 2. The molecule has 47 heavy (non-hydrogen) atoms. The minimum Gasteiger partial charge on any atom is -0.497 e. The predicted octanol–water partition coefficient (Wildman–Crippen LogP) is 6.43. The van der Waals surface area contributed by atoms with Crippen LogP contribution in [0.2, 0.25) is 0 Å². The number of rotatable bonds is 13. The molecule has 1 aromatic heterocycles. The Hall–Kier alpha value is -4.19. The van der Waals surface area contributed by atoms with Crippen LogP contribution in [0.5, 0.6) is 5.75 Å². The molecule has 1 aliphatic rings. The number of hydrogen-bond acceptors (Lipinski definition) is 7. The highest BCUT2D eigenvalue weighted by molar-refractivity contribution is 7.09. The van der Waals surface area contributed by atoms with Gasteiger partial charge in [0, 0.05) is 46.9 Å². The molecule has 4 atom stereocenters. The monoisotopic (exact) mass is 662 g/mol. The molecule has 3 aromatic carbocycles. The highest BCUT2D eigenvalue weighted by Crippen LogP contribution is 2.35. The Morgan fingerprint density at radius 3 is 2.53 bits per heavy atom. The molecule has 11 heteroatoms. The number of likely N-dealkylation sites (tertiary alicyclic amines) is 1. The highest BCUT2D eigenvalue weighted by Gasteiger charge is 2.33. The van der Waals surface area contributed by atoms with Crippen LogP contribution in [0.15, 0.2) is 78.2 Å². The molecule has 0 saturated carbocycles. The first kappa shape index (κ1) is 34.2. The molecule has 0 unspecified atom stereocenters. The van der Waals surface area contributed by atoms with Gasteiger partial charge in [-0.05, 0) is 74.6 Å². The lowest BCUT2D eigenvalue weighted by atomic mass is 9.99. The van der Waals surface area contributed by atoms with Gasteiger partial charge in [0.2, 0.25) is 0 Å². The summed E-state index contributed by atoms with van der Waals surface area (Å²) in [7, 11) is 1.60. The Kier molecular flexibility index (Phi) is 11.3. The summed E-state index contributed by atoms with van der Waals surface area (Å²) in [5.41, 5.74) is 2.23. The quantitative estimate of drug-likeness (QED) is 0.153. The number of methoxy groups -OCH3 is 1. The summed E-state index contributed by atoms with van der Waals surface area (Å²) in [6.07, 6.45) is -2.13. The van der Waals surface area contributed by atoms with E-state index in [0.29, 0.717) is 18.7 Å². The van der Waals surface area contributed by atoms with E-state index in [-0.39, 0.29) is 29.8 Å². The number of nitrogens with zero attached hydrogens (tertiary/aromatic N) is 2. The third-order valence-corrected chi connectivity index (χ3v) is 9.52. The maximum atomic E-state index is 14.1. The number of aliphatic hydroxyl groups excluding tert-OH is 1. The maximum Gasteiger partial charge on any atom is 0.263 e. The van der Waals surface area contributed by atoms with Crippen molar-refractivity contribution in [3.8, 4) is 5.75 Å². The Balaban J connectivity index is 1.36. The smallest absolute Gasteiger partial charge is 0.263 e. The highest BCUT2D eigenvalue weighted by atomic mass is 32.1. The zero-order valence-corrected chi connectivity index (χ0v) is 27.5. The first-order valence-corrected chi connectivity index (χ1v) is 16.6. The number of ether oxygens (including phenoxy) is 1. The number of benzene rings is 3. The number of aryl methyl sites for hydroxylation is 1. The van der Waals surface area contributed by atoms with Crippen molar-refractivity contribution in [3.05, 3.63) is 117 Å². The lowest BCUT2D eigenvalue weighted by molar-refractivity contribution is 0.0734. The van der Waals surface area contributed by atoms with Crippen LogP contribution >= 0.6 is 11.3 Å². The number of nitrogens with one attached hydrogen (secondary N) is 2. The fraction of sp³-hybridized carbons (Fsp3) is 0.361. The zero-order valence-electron chi connectivity index (χ0n) is 26.7. The molecule has 1 aliphatic heterocycles. The third-order valence-electron chi connectivity index (χ3n) is 8.46. The second-order valence-corrected chi connectivity index (χ2v) is 12.8. The van der Waals surface area contributed by atoms with Crippen molar-refractivity contribution in [2.24, 2.45) is 0 Å². The van der Waals surface area contributed by atoms with Crippen LogP contribution < -0.4 is 15.4 Å². The largest absolute Gasteiger partial charge is 0.497 e. The molecule has 8 nitrogen and oxygen atoms in total. The van der Waals surface area contributed by atoms with Crippen LogP contribution in [-0.2, 0) is 6.42 Å². The van der Waals surface area contributed by atoms with E-state index in [9.17, 15) is 23.5 Å². The molecule has 1 saturated heterocycles. The van der Waals surface area contributed by atoms with Gasteiger partial charge in [0.05, 0.1) is 25.3 Å². The first-order chi connectivity index (χ1) is 22.6. The number of aliphatic hydroxyl groups is 1. The molecule has 0 bridgehead atoms. The van der Waals surface area contributed by atoms with Gasteiger partial charge < -0.3 is 25.4 Å². The normalized spacial score (nSPS) is 16.6. The Labute approximate surface area is 277 Å². The molecular weight excluding hydrogens is 622 g/mol. The van der Waals surface area contributed by atoms with Gasteiger partial charge in [0.15, 0.2) is 0 Å². The minimum absolute atomic E-state index is 0.0158. The Morgan fingerprint density at radius 1 is 1.06 bits per heavy atom. The maximum absolute atomic E-state index is 14.1. The zero-order chi connectivity index (χ0) is 33.5. The third kappa shape index (κ3) is 8.59. The number of halogens is 2. The molecule has 3 N–H and O–H groups in total. The SMILES string of the molecule is COc1cccc([C@H](C)NC[C@H](O)[C@H](Cc2ccccc2)NC(=O)c2cc(C(=O)N3CCC[C@@H]3c3nc(C)cs3)cc(C(F)F)c2)c1. The van der Waals surface area contributed by atoms with E-state index in [1.54, 1.807) is 12.0 Å². The fourth-order valence-electron chi connectivity index (χ4n) is 5.86. The van der Waals surface area contributed by atoms with Gasteiger partial charge in [-0.3, -0.25) is 9.59 Å². The molecule has 2 amide bonds. The predicted molar refractivity (Wildman–Crippen MR) is 178 cm³/mol. The molecule has 4 aromatic rings. The van der Waals surface area contributed by atoms with E-state index < -0.39 is 35.9 Å². The van der Waals surface area contributed by atoms with Crippen LogP contribution in [0, 0.1) is 6.92 Å². The summed E-state index contributed by atoms with van der Waals surface area (Å²) < 4.78 is 33.5. The number of carbonyl (C=O) groups excluding carboxylic acids is 2.